The molecule has 0 aliphatic carbocycles. The van der Waals surface area contributed by atoms with E-state index in [0.29, 0.717) is 12.3 Å². The van der Waals surface area contributed by atoms with Gasteiger partial charge in [-0.25, -0.2) is 4.98 Å². The van der Waals surface area contributed by atoms with Crippen LogP contribution in [0.1, 0.15) is 37.2 Å². The summed E-state index contributed by atoms with van der Waals surface area (Å²) in [4.78, 5) is 15.7. The molecule has 0 radical (unpaired) electrons. The Balaban J connectivity index is 0.00000182. The van der Waals surface area contributed by atoms with Crippen LogP contribution in [0.4, 0.5) is 5.13 Å². The van der Waals surface area contributed by atoms with Gasteiger partial charge in [0.1, 0.15) is 0 Å². The van der Waals surface area contributed by atoms with E-state index >= 15 is 0 Å². The van der Waals surface area contributed by atoms with Gasteiger partial charge < -0.3 is 15.4 Å². The first-order valence-electron chi connectivity index (χ1n) is 8.83. The Hall–Kier alpha value is -1.34. The number of benzene rings is 1. The van der Waals surface area contributed by atoms with E-state index in [1.807, 2.05) is 0 Å². The van der Waals surface area contributed by atoms with Gasteiger partial charge in [0.05, 0.1) is 12.8 Å². The standard InChI is InChI=1S/C19H25N3O2S.2ClH/c1-24-18(23)3-2-10-21-19-22-17(13-25-19)16-6-4-14(5-7-16)15-8-11-20-12-9-15;;/h4-7,13,15,20H,2-3,8-12H2,1H3,(H,21,22);2*1H. The van der Waals surface area contributed by atoms with Gasteiger partial charge in [0.25, 0.3) is 0 Å². The number of thiazole rings is 1. The Labute approximate surface area is 177 Å². The molecule has 2 heterocycles. The lowest BCUT2D eigenvalue weighted by atomic mass is 9.90. The highest BCUT2D eigenvalue weighted by Gasteiger charge is 2.15. The molecule has 3 rings (SSSR count). The molecule has 0 atom stereocenters. The highest BCUT2D eigenvalue weighted by molar-refractivity contribution is 7.14. The Morgan fingerprint density at radius 1 is 1.26 bits per heavy atom. The number of halogens is 2. The van der Waals surface area contributed by atoms with Crippen molar-refractivity contribution in [3.8, 4) is 11.3 Å². The third-order valence-electron chi connectivity index (χ3n) is 4.58. The molecule has 1 saturated heterocycles. The molecular formula is C19H27Cl2N3O2S. The van der Waals surface area contributed by atoms with Gasteiger partial charge in [0, 0.05) is 23.9 Å². The second kappa shape index (κ2) is 12.2. The van der Waals surface area contributed by atoms with Gasteiger partial charge in [-0.3, -0.25) is 4.79 Å². The van der Waals surface area contributed by atoms with Crippen molar-refractivity contribution >= 4 is 47.3 Å². The molecular weight excluding hydrogens is 405 g/mol. The van der Waals surface area contributed by atoms with Gasteiger partial charge in [-0.1, -0.05) is 24.3 Å². The molecule has 1 aromatic carbocycles. The number of aromatic nitrogens is 1. The van der Waals surface area contributed by atoms with Crippen LogP contribution in [0.25, 0.3) is 11.3 Å². The average molecular weight is 432 g/mol. The topological polar surface area (TPSA) is 63.2 Å². The summed E-state index contributed by atoms with van der Waals surface area (Å²) in [5.74, 6) is 0.508. The lowest BCUT2D eigenvalue weighted by Crippen LogP contribution is -2.26. The van der Waals surface area contributed by atoms with E-state index in [1.54, 1.807) is 11.3 Å². The van der Waals surface area contributed by atoms with Gasteiger partial charge in [-0.05, 0) is 43.8 Å². The summed E-state index contributed by atoms with van der Waals surface area (Å²) in [6, 6.07) is 8.84. The molecule has 0 saturated carbocycles. The molecule has 2 aromatic rings. The Morgan fingerprint density at radius 3 is 2.63 bits per heavy atom. The Bertz CT molecular complexity index is 689. The lowest BCUT2D eigenvalue weighted by molar-refractivity contribution is -0.140. The van der Waals surface area contributed by atoms with E-state index in [1.165, 1.54) is 25.5 Å². The number of methoxy groups -OCH3 is 1. The van der Waals surface area contributed by atoms with E-state index in [0.717, 1.165) is 42.4 Å². The van der Waals surface area contributed by atoms with Gasteiger partial charge in [0.15, 0.2) is 5.13 Å². The largest absolute Gasteiger partial charge is 0.469 e. The Morgan fingerprint density at radius 2 is 1.96 bits per heavy atom. The molecule has 1 aliphatic heterocycles. The number of carbonyl (C=O) groups is 1. The molecule has 8 heteroatoms. The SMILES string of the molecule is COC(=O)CCCNc1nc(-c2ccc(C3CCNCC3)cc2)cs1.Cl.Cl. The smallest absolute Gasteiger partial charge is 0.305 e. The second-order valence-corrected chi connectivity index (χ2v) is 7.15. The number of anilines is 1. The van der Waals surface area contributed by atoms with Crippen LogP contribution < -0.4 is 10.6 Å². The summed E-state index contributed by atoms with van der Waals surface area (Å²) in [6.45, 7) is 2.95. The van der Waals surface area contributed by atoms with Crippen molar-refractivity contribution in [3.05, 3.63) is 35.2 Å². The molecule has 5 nitrogen and oxygen atoms in total. The van der Waals surface area contributed by atoms with Crippen LogP contribution in [0.15, 0.2) is 29.6 Å². The molecule has 27 heavy (non-hydrogen) atoms. The minimum atomic E-state index is -0.171. The number of ether oxygens (including phenoxy) is 1. The molecule has 0 unspecified atom stereocenters. The maximum Gasteiger partial charge on any atom is 0.305 e. The minimum Gasteiger partial charge on any atom is -0.469 e. The van der Waals surface area contributed by atoms with Crippen molar-refractivity contribution in [2.24, 2.45) is 0 Å². The molecule has 2 N–H and O–H groups in total. The number of carbonyl (C=O) groups excluding carboxylic acids is 1. The normalized spacial score (nSPS) is 14.0. The molecule has 0 amide bonds. The summed E-state index contributed by atoms with van der Waals surface area (Å²) >= 11 is 1.59. The highest BCUT2D eigenvalue weighted by atomic mass is 35.5. The van der Waals surface area contributed by atoms with E-state index in [9.17, 15) is 4.79 Å². The van der Waals surface area contributed by atoms with Crippen molar-refractivity contribution in [1.29, 1.82) is 0 Å². The second-order valence-electron chi connectivity index (χ2n) is 6.29. The van der Waals surface area contributed by atoms with E-state index in [-0.39, 0.29) is 30.8 Å². The van der Waals surface area contributed by atoms with Crippen LogP contribution in [0.2, 0.25) is 0 Å². The van der Waals surface area contributed by atoms with E-state index in [2.05, 4.69) is 50.0 Å². The quantitative estimate of drug-likeness (QED) is 0.499. The van der Waals surface area contributed by atoms with Crippen LogP contribution >= 0.6 is 36.2 Å². The van der Waals surface area contributed by atoms with Gasteiger partial charge >= 0.3 is 5.97 Å². The Kier molecular flexibility index (Phi) is 10.7. The number of esters is 1. The number of hydrogen-bond donors (Lipinski definition) is 2. The number of nitrogens with zero attached hydrogens (tertiary/aromatic N) is 1. The first kappa shape index (κ1) is 23.7. The lowest BCUT2D eigenvalue weighted by Gasteiger charge is -2.23. The van der Waals surface area contributed by atoms with Gasteiger partial charge in [-0.15, -0.1) is 36.2 Å². The molecule has 150 valence electrons. The third-order valence-corrected chi connectivity index (χ3v) is 5.38. The van der Waals surface area contributed by atoms with Crippen LogP contribution in [-0.2, 0) is 9.53 Å². The fourth-order valence-corrected chi connectivity index (χ4v) is 3.85. The van der Waals surface area contributed by atoms with Crippen LogP contribution in [0.3, 0.4) is 0 Å². The first-order valence-corrected chi connectivity index (χ1v) is 9.71. The predicted octanol–water partition coefficient (Wildman–Crippen LogP) is 4.49. The fraction of sp³-hybridized carbons (Fsp3) is 0.474. The number of rotatable bonds is 7. The third kappa shape index (κ3) is 6.96. The zero-order chi connectivity index (χ0) is 17.5. The van der Waals surface area contributed by atoms with Crippen molar-refractivity contribution in [2.75, 3.05) is 32.1 Å². The number of nitrogens with one attached hydrogen (secondary N) is 2. The summed E-state index contributed by atoms with van der Waals surface area (Å²) in [7, 11) is 1.42. The summed E-state index contributed by atoms with van der Waals surface area (Å²) in [5, 5.41) is 9.65. The van der Waals surface area contributed by atoms with E-state index < -0.39 is 0 Å². The minimum absolute atomic E-state index is 0. The maximum atomic E-state index is 11.1. The zero-order valence-corrected chi connectivity index (χ0v) is 17.9. The molecule has 1 aromatic heterocycles. The maximum absolute atomic E-state index is 11.1. The molecule has 0 bridgehead atoms. The number of piperidine rings is 1. The van der Waals surface area contributed by atoms with E-state index in [4.69, 9.17) is 0 Å². The molecule has 1 aliphatic rings. The summed E-state index contributed by atoms with van der Waals surface area (Å²) < 4.78 is 4.63. The number of hydrogen-bond acceptors (Lipinski definition) is 6. The molecule has 0 spiro atoms. The van der Waals surface area contributed by atoms with Crippen molar-refractivity contribution in [2.45, 2.75) is 31.6 Å². The fourth-order valence-electron chi connectivity index (χ4n) is 3.10. The summed E-state index contributed by atoms with van der Waals surface area (Å²) in [6.07, 6.45) is 3.61. The summed E-state index contributed by atoms with van der Waals surface area (Å²) in [5.41, 5.74) is 3.58. The van der Waals surface area contributed by atoms with Crippen LogP contribution in [-0.4, -0.2) is 37.7 Å². The van der Waals surface area contributed by atoms with Crippen molar-refractivity contribution in [1.82, 2.24) is 10.3 Å². The predicted molar refractivity (Wildman–Crippen MR) is 117 cm³/mol. The van der Waals surface area contributed by atoms with Gasteiger partial charge in [0.2, 0.25) is 0 Å². The van der Waals surface area contributed by atoms with Gasteiger partial charge in [-0.2, -0.15) is 0 Å². The van der Waals surface area contributed by atoms with Crippen LogP contribution in [0, 0.1) is 0 Å². The van der Waals surface area contributed by atoms with Crippen LogP contribution in [0.5, 0.6) is 0 Å². The van der Waals surface area contributed by atoms with Crippen molar-refractivity contribution in [3.63, 3.8) is 0 Å². The highest BCUT2D eigenvalue weighted by Crippen LogP contribution is 2.29. The zero-order valence-electron chi connectivity index (χ0n) is 15.4. The monoisotopic (exact) mass is 431 g/mol. The average Bonchev–Trinajstić information content (AvgIpc) is 3.15. The van der Waals surface area contributed by atoms with Crippen molar-refractivity contribution < 1.29 is 9.53 Å². The molecule has 1 fully saturated rings. The first-order chi connectivity index (χ1) is 12.3.